The van der Waals surface area contributed by atoms with Gasteiger partial charge in [-0.1, -0.05) is 23.9 Å². The van der Waals surface area contributed by atoms with Crippen molar-refractivity contribution >= 4 is 44.3 Å². The van der Waals surface area contributed by atoms with E-state index >= 15 is 0 Å². The number of amides is 1. The van der Waals surface area contributed by atoms with Crippen molar-refractivity contribution in [1.29, 1.82) is 0 Å². The lowest BCUT2D eigenvalue weighted by Gasteiger charge is -2.47. The molecule has 1 amide bonds. The van der Waals surface area contributed by atoms with Gasteiger partial charge in [-0.2, -0.15) is 0 Å². The maximum absolute atomic E-state index is 13.1. The minimum absolute atomic E-state index is 0.148. The predicted molar refractivity (Wildman–Crippen MR) is 127 cm³/mol. The zero-order valence-corrected chi connectivity index (χ0v) is 18.8. The SMILES string of the molecule is CN(C)C1=N[C@@H]2CC2=C(c2ccc3cnc(NC(=O)C45CCN(CC4)CC5)cc3c2)S1. The van der Waals surface area contributed by atoms with Crippen molar-refractivity contribution in [2.24, 2.45) is 10.4 Å². The smallest absolute Gasteiger partial charge is 0.231 e. The Kier molecular flexibility index (Phi) is 4.40. The number of fused-ring (bicyclic) bond motifs is 5. The lowest BCUT2D eigenvalue weighted by molar-refractivity contribution is -0.132. The fourth-order valence-electron chi connectivity index (χ4n) is 5.05. The molecule has 2 bridgehead atoms. The lowest BCUT2D eigenvalue weighted by Crippen LogP contribution is -2.53. The Labute approximate surface area is 186 Å². The average Bonchev–Trinajstić information content (AvgIpc) is 3.59. The fraction of sp³-hybridized carbons (Fsp3) is 0.458. The minimum Gasteiger partial charge on any atom is -0.357 e. The highest BCUT2D eigenvalue weighted by molar-refractivity contribution is 8.21. The predicted octanol–water partition coefficient (Wildman–Crippen LogP) is 3.81. The van der Waals surface area contributed by atoms with E-state index < -0.39 is 0 Å². The molecule has 4 aliphatic heterocycles. The summed E-state index contributed by atoms with van der Waals surface area (Å²) in [6.45, 7) is 3.11. The molecule has 1 atom stereocenters. The Morgan fingerprint density at radius 3 is 2.68 bits per heavy atom. The molecule has 0 unspecified atom stereocenters. The van der Waals surface area contributed by atoms with Crippen LogP contribution in [0, 0.1) is 5.41 Å². The van der Waals surface area contributed by atoms with Crippen LogP contribution in [0.15, 0.2) is 41.0 Å². The van der Waals surface area contributed by atoms with Crippen molar-refractivity contribution in [2.45, 2.75) is 31.7 Å². The van der Waals surface area contributed by atoms with Gasteiger partial charge in [0.1, 0.15) is 5.82 Å². The van der Waals surface area contributed by atoms with Gasteiger partial charge in [-0.25, -0.2) is 4.98 Å². The van der Waals surface area contributed by atoms with Crippen molar-refractivity contribution < 1.29 is 4.79 Å². The van der Waals surface area contributed by atoms with Crippen LogP contribution in [0.4, 0.5) is 5.82 Å². The molecule has 5 heterocycles. The van der Waals surface area contributed by atoms with Crippen molar-refractivity contribution in [3.8, 4) is 0 Å². The van der Waals surface area contributed by atoms with Crippen LogP contribution in [0.1, 0.15) is 31.2 Å². The molecule has 2 aromatic rings. The zero-order chi connectivity index (χ0) is 21.2. The van der Waals surface area contributed by atoms with E-state index in [9.17, 15) is 4.79 Å². The fourth-order valence-corrected chi connectivity index (χ4v) is 6.19. The number of benzene rings is 1. The largest absolute Gasteiger partial charge is 0.357 e. The molecule has 1 aliphatic carbocycles. The van der Waals surface area contributed by atoms with Crippen LogP contribution in [-0.4, -0.2) is 65.6 Å². The number of amidine groups is 1. The number of carbonyl (C=O) groups excluding carboxylic acids is 1. The van der Waals surface area contributed by atoms with Crippen molar-refractivity contribution in [1.82, 2.24) is 14.8 Å². The van der Waals surface area contributed by atoms with E-state index in [-0.39, 0.29) is 11.3 Å². The first-order valence-electron chi connectivity index (χ1n) is 11.1. The quantitative estimate of drug-likeness (QED) is 0.798. The van der Waals surface area contributed by atoms with Gasteiger partial charge in [0.15, 0.2) is 5.17 Å². The highest BCUT2D eigenvalue weighted by atomic mass is 32.2. The minimum atomic E-state index is -0.207. The molecule has 4 fully saturated rings. The molecule has 1 aromatic carbocycles. The van der Waals surface area contributed by atoms with Gasteiger partial charge in [-0.15, -0.1) is 0 Å². The number of carbonyl (C=O) groups is 1. The Balaban J connectivity index is 1.27. The van der Waals surface area contributed by atoms with Gasteiger partial charge in [0.2, 0.25) is 5.91 Å². The molecule has 1 N–H and O–H groups in total. The molecular formula is C24H27N5OS. The normalized spacial score (nSPS) is 28.9. The summed E-state index contributed by atoms with van der Waals surface area (Å²) < 4.78 is 0. The van der Waals surface area contributed by atoms with Crippen molar-refractivity contribution in [3.05, 3.63) is 41.6 Å². The summed E-state index contributed by atoms with van der Waals surface area (Å²) in [7, 11) is 4.10. The van der Waals surface area contributed by atoms with Crippen LogP contribution in [0.2, 0.25) is 0 Å². The summed E-state index contributed by atoms with van der Waals surface area (Å²) in [6, 6.07) is 8.92. The van der Waals surface area contributed by atoms with E-state index in [1.54, 1.807) is 11.8 Å². The van der Waals surface area contributed by atoms with Crippen LogP contribution < -0.4 is 5.32 Å². The summed E-state index contributed by atoms with van der Waals surface area (Å²) in [6.07, 6.45) is 5.81. The number of hydrogen-bond donors (Lipinski definition) is 1. The Morgan fingerprint density at radius 1 is 1.16 bits per heavy atom. The van der Waals surface area contributed by atoms with Crippen LogP contribution in [0.3, 0.4) is 0 Å². The summed E-state index contributed by atoms with van der Waals surface area (Å²) in [5.74, 6) is 0.807. The first-order chi connectivity index (χ1) is 15.0. The number of pyridine rings is 1. The standard InChI is InChI=1S/C24H27N5OS/c1-28(2)23-26-19-13-18(19)21(31-23)15-3-4-16-14-25-20(12-17(16)11-15)27-22(30)24-5-8-29(9-6-24)10-7-24/h3-4,11-12,14,19H,5-10,13H2,1-2H3,(H,25,27,30)/t19-/m1/s1. The maximum Gasteiger partial charge on any atom is 0.231 e. The number of thioether (sulfide) groups is 1. The summed E-state index contributed by atoms with van der Waals surface area (Å²) >= 11 is 1.76. The molecule has 1 saturated carbocycles. The van der Waals surface area contributed by atoms with E-state index in [0.29, 0.717) is 11.9 Å². The van der Waals surface area contributed by atoms with E-state index in [2.05, 4.69) is 38.3 Å². The average molecular weight is 434 g/mol. The number of rotatable bonds is 3. The van der Waals surface area contributed by atoms with Gasteiger partial charge in [-0.05, 0) is 74.0 Å². The molecular weight excluding hydrogens is 406 g/mol. The molecule has 7 rings (SSSR count). The van der Waals surface area contributed by atoms with Crippen LogP contribution in [0.25, 0.3) is 15.7 Å². The van der Waals surface area contributed by atoms with E-state index in [4.69, 9.17) is 4.99 Å². The first-order valence-corrected chi connectivity index (χ1v) is 11.9. The number of anilines is 1. The number of hydrogen-bond acceptors (Lipinski definition) is 6. The molecule has 7 heteroatoms. The lowest BCUT2D eigenvalue weighted by atomic mass is 9.71. The highest BCUT2D eigenvalue weighted by Gasteiger charge is 2.45. The number of nitrogens with zero attached hydrogens (tertiary/aromatic N) is 4. The second kappa shape index (κ2) is 7.07. The summed E-state index contributed by atoms with van der Waals surface area (Å²) in [5, 5.41) is 6.42. The molecule has 160 valence electrons. The van der Waals surface area contributed by atoms with E-state index in [1.165, 1.54) is 16.0 Å². The molecule has 31 heavy (non-hydrogen) atoms. The second-order valence-electron chi connectivity index (χ2n) is 9.44. The first kappa shape index (κ1) is 19.3. The Bertz CT molecular complexity index is 1130. The third kappa shape index (κ3) is 3.34. The maximum atomic E-state index is 13.1. The number of piperidine rings is 3. The van der Waals surface area contributed by atoms with Gasteiger partial charge in [0.05, 0.1) is 11.5 Å². The molecule has 3 saturated heterocycles. The number of nitrogens with one attached hydrogen (secondary N) is 1. The van der Waals surface area contributed by atoms with Gasteiger partial charge >= 0.3 is 0 Å². The van der Waals surface area contributed by atoms with Gasteiger partial charge in [0.25, 0.3) is 0 Å². The number of aliphatic imine (C=N–C) groups is 1. The summed E-state index contributed by atoms with van der Waals surface area (Å²) in [4.78, 5) is 28.4. The topological polar surface area (TPSA) is 60.8 Å². The Hall–Kier alpha value is -2.38. The summed E-state index contributed by atoms with van der Waals surface area (Å²) in [5.41, 5.74) is 2.47. The molecule has 6 nitrogen and oxygen atoms in total. The van der Waals surface area contributed by atoms with Crippen molar-refractivity contribution in [3.63, 3.8) is 0 Å². The van der Waals surface area contributed by atoms with Crippen LogP contribution in [-0.2, 0) is 4.79 Å². The van der Waals surface area contributed by atoms with Gasteiger partial charge in [-0.3, -0.25) is 9.79 Å². The van der Waals surface area contributed by atoms with Gasteiger partial charge in [0, 0.05) is 30.6 Å². The molecule has 5 aliphatic rings. The molecule has 0 spiro atoms. The third-order valence-electron chi connectivity index (χ3n) is 7.22. The second-order valence-corrected chi connectivity index (χ2v) is 10.4. The van der Waals surface area contributed by atoms with E-state index in [1.807, 2.05) is 26.4 Å². The van der Waals surface area contributed by atoms with Crippen molar-refractivity contribution in [2.75, 3.05) is 39.0 Å². The molecule has 1 aromatic heterocycles. The third-order valence-corrected chi connectivity index (χ3v) is 8.57. The zero-order valence-electron chi connectivity index (χ0n) is 18.0. The van der Waals surface area contributed by atoms with Gasteiger partial charge < -0.3 is 15.1 Å². The van der Waals surface area contributed by atoms with Crippen LogP contribution >= 0.6 is 11.8 Å². The van der Waals surface area contributed by atoms with Crippen LogP contribution in [0.5, 0.6) is 0 Å². The number of aromatic nitrogens is 1. The van der Waals surface area contributed by atoms with E-state index in [0.717, 1.165) is 61.3 Å². The Morgan fingerprint density at radius 2 is 1.94 bits per heavy atom. The molecule has 0 radical (unpaired) electrons. The highest BCUT2D eigenvalue weighted by Crippen LogP contribution is 2.49. The monoisotopic (exact) mass is 433 g/mol.